The van der Waals surface area contributed by atoms with Crippen LogP contribution in [0.3, 0.4) is 0 Å². The van der Waals surface area contributed by atoms with Gasteiger partial charge in [-0.2, -0.15) is 0 Å². The van der Waals surface area contributed by atoms with Crippen LogP contribution in [0.15, 0.2) is 24.5 Å². The summed E-state index contributed by atoms with van der Waals surface area (Å²) in [6.07, 6.45) is 1.11. The van der Waals surface area contributed by atoms with Gasteiger partial charge in [0.2, 0.25) is 0 Å². The van der Waals surface area contributed by atoms with Gasteiger partial charge in [0.25, 0.3) is 0 Å². The minimum Gasteiger partial charge on any atom is -0.486 e. The van der Waals surface area contributed by atoms with Crippen molar-refractivity contribution in [3.8, 4) is 11.5 Å². The summed E-state index contributed by atoms with van der Waals surface area (Å²) in [4.78, 5) is 9.54. The third-order valence-electron chi connectivity index (χ3n) is 5.01. The number of likely N-dealkylation sites (tertiary alicyclic amines) is 1. The SMILES string of the molecule is C=C1NC2CN(C)CCC2N1c1nc2c3c(ccc2s1)OCCO3. The third kappa shape index (κ3) is 2.08. The van der Waals surface area contributed by atoms with Crippen molar-refractivity contribution in [2.45, 2.75) is 18.5 Å². The van der Waals surface area contributed by atoms with Crippen molar-refractivity contribution >= 4 is 26.7 Å². The van der Waals surface area contributed by atoms with Crippen LogP contribution in [0.25, 0.3) is 10.2 Å². The summed E-state index contributed by atoms with van der Waals surface area (Å²) >= 11 is 1.69. The molecule has 2 unspecified atom stereocenters. The van der Waals surface area contributed by atoms with Crippen LogP contribution in [0.1, 0.15) is 6.42 Å². The van der Waals surface area contributed by atoms with E-state index in [0.717, 1.165) is 52.2 Å². The fraction of sp³-hybridized carbons (Fsp3) is 0.471. The fourth-order valence-corrected chi connectivity index (χ4v) is 4.93. The summed E-state index contributed by atoms with van der Waals surface area (Å²) < 4.78 is 12.6. The van der Waals surface area contributed by atoms with Crippen LogP contribution < -0.4 is 19.7 Å². The Bertz CT molecular complexity index is 820. The molecule has 0 amide bonds. The molecule has 126 valence electrons. The summed E-state index contributed by atoms with van der Waals surface area (Å²) in [5.41, 5.74) is 0.899. The Balaban J connectivity index is 1.56. The Labute approximate surface area is 144 Å². The molecule has 2 aromatic rings. The predicted molar refractivity (Wildman–Crippen MR) is 95.1 cm³/mol. The molecule has 0 saturated carbocycles. The highest BCUT2D eigenvalue weighted by molar-refractivity contribution is 7.22. The standard InChI is InChI=1S/C17H20N4O2S/c1-10-18-11-9-20(2)6-5-12(11)21(10)17-19-15-14(24-17)4-3-13-16(15)23-8-7-22-13/h3-4,11-12,18H,1,5-9H2,2H3. The summed E-state index contributed by atoms with van der Waals surface area (Å²) in [7, 11) is 2.17. The van der Waals surface area contributed by atoms with Crippen LogP contribution in [0, 0.1) is 0 Å². The number of nitrogens with zero attached hydrogens (tertiary/aromatic N) is 3. The highest BCUT2D eigenvalue weighted by Crippen LogP contribution is 2.43. The zero-order valence-corrected chi connectivity index (χ0v) is 14.4. The van der Waals surface area contributed by atoms with Crippen LogP contribution in [-0.2, 0) is 0 Å². The average Bonchev–Trinajstić information content (AvgIpc) is 3.14. The summed E-state index contributed by atoms with van der Waals surface area (Å²) in [6, 6.07) is 4.88. The molecule has 1 N–H and O–H groups in total. The molecule has 2 atom stereocenters. The number of hydrogen-bond acceptors (Lipinski definition) is 7. The van der Waals surface area contributed by atoms with Gasteiger partial charge in [0.05, 0.1) is 16.8 Å². The monoisotopic (exact) mass is 344 g/mol. The van der Waals surface area contributed by atoms with Crippen LogP contribution in [0.4, 0.5) is 5.13 Å². The van der Waals surface area contributed by atoms with Crippen molar-refractivity contribution in [3.05, 3.63) is 24.5 Å². The number of hydrogen-bond donors (Lipinski definition) is 1. The van der Waals surface area contributed by atoms with Crippen molar-refractivity contribution in [1.29, 1.82) is 0 Å². The second-order valence-corrected chi connectivity index (χ2v) is 7.63. The Hall–Kier alpha value is -1.99. The molecule has 1 aromatic carbocycles. The zero-order valence-electron chi connectivity index (χ0n) is 13.6. The number of benzene rings is 1. The molecule has 0 radical (unpaired) electrons. The first-order valence-electron chi connectivity index (χ1n) is 8.33. The average molecular weight is 344 g/mol. The van der Waals surface area contributed by atoms with E-state index in [0.29, 0.717) is 25.3 Å². The van der Waals surface area contributed by atoms with E-state index in [1.165, 1.54) is 0 Å². The molecule has 5 rings (SSSR count). The molecule has 2 fully saturated rings. The van der Waals surface area contributed by atoms with E-state index < -0.39 is 0 Å². The highest BCUT2D eigenvalue weighted by atomic mass is 32.1. The Morgan fingerprint density at radius 1 is 1.33 bits per heavy atom. The topological polar surface area (TPSA) is 49.9 Å². The van der Waals surface area contributed by atoms with Crippen molar-refractivity contribution < 1.29 is 9.47 Å². The molecular weight excluding hydrogens is 324 g/mol. The maximum Gasteiger partial charge on any atom is 0.192 e. The van der Waals surface area contributed by atoms with Gasteiger partial charge in [0.1, 0.15) is 24.6 Å². The first-order chi connectivity index (χ1) is 11.7. The first-order valence-corrected chi connectivity index (χ1v) is 9.15. The quantitative estimate of drug-likeness (QED) is 0.854. The second-order valence-electron chi connectivity index (χ2n) is 6.62. The molecule has 0 bridgehead atoms. The molecular formula is C17H20N4O2S. The fourth-order valence-electron chi connectivity index (χ4n) is 3.89. The molecule has 7 heteroatoms. The molecule has 4 heterocycles. The second kappa shape index (κ2) is 5.26. The molecule has 0 spiro atoms. The smallest absolute Gasteiger partial charge is 0.192 e. The van der Waals surface area contributed by atoms with E-state index in [9.17, 15) is 0 Å². The van der Waals surface area contributed by atoms with E-state index in [-0.39, 0.29) is 0 Å². The predicted octanol–water partition coefficient (Wildman–Crippen LogP) is 2.02. The molecule has 3 aliphatic heterocycles. The maximum atomic E-state index is 5.82. The number of ether oxygens (including phenoxy) is 2. The zero-order chi connectivity index (χ0) is 16.3. The normalized spacial score (nSPS) is 26.5. The number of anilines is 1. The summed E-state index contributed by atoms with van der Waals surface area (Å²) in [5, 5.41) is 4.53. The van der Waals surface area contributed by atoms with Gasteiger partial charge < -0.3 is 19.7 Å². The lowest BCUT2D eigenvalue weighted by atomic mass is 10.0. The van der Waals surface area contributed by atoms with E-state index >= 15 is 0 Å². The van der Waals surface area contributed by atoms with Crippen molar-refractivity contribution in [2.24, 2.45) is 0 Å². The molecule has 1 aromatic heterocycles. The largest absolute Gasteiger partial charge is 0.486 e. The number of nitrogens with one attached hydrogen (secondary N) is 1. The number of rotatable bonds is 1. The Morgan fingerprint density at radius 3 is 3.12 bits per heavy atom. The molecule has 0 aliphatic carbocycles. The van der Waals surface area contributed by atoms with Crippen LogP contribution >= 0.6 is 11.3 Å². The number of thiazole rings is 1. The number of likely N-dealkylation sites (N-methyl/N-ethyl adjacent to an activating group) is 1. The molecule has 2 saturated heterocycles. The number of piperidine rings is 1. The van der Waals surface area contributed by atoms with Crippen molar-refractivity contribution in [1.82, 2.24) is 15.2 Å². The lowest BCUT2D eigenvalue weighted by Crippen LogP contribution is -2.49. The van der Waals surface area contributed by atoms with Gasteiger partial charge in [0, 0.05) is 6.54 Å². The maximum absolute atomic E-state index is 5.82. The summed E-state index contributed by atoms with van der Waals surface area (Å²) in [6.45, 7) is 7.54. The van der Waals surface area contributed by atoms with Gasteiger partial charge in [-0.05, 0) is 32.1 Å². The van der Waals surface area contributed by atoms with E-state index in [1.54, 1.807) is 11.3 Å². The highest BCUT2D eigenvalue weighted by Gasteiger charge is 2.41. The van der Waals surface area contributed by atoms with Gasteiger partial charge in [-0.15, -0.1) is 0 Å². The van der Waals surface area contributed by atoms with Crippen molar-refractivity contribution in [2.75, 3.05) is 38.3 Å². The van der Waals surface area contributed by atoms with Crippen molar-refractivity contribution in [3.63, 3.8) is 0 Å². The molecule has 6 nitrogen and oxygen atoms in total. The van der Waals surface area contributed by atoms with Gasteiger partial charge in [-0.25, -0.2) is 4.98 Å². The Morgan fingerprint density at radius 2 is 2.21 bits per heavy atom. The first kappa shape index (κ1) is 14.4. The van der Waals surface area contributed by atoms with Crippen LogP contribution in [-0.4, -0.2) is 55.3 Å². The van der Waals surface area contributed by atoms with Crippen LogP contribution in [0.2, 0.25) is 0 Å². The van der Waals surface area contributed by atoms with Crippen LogP contribution in [0.5, 0.6) is 11.5 Å². The lowest BCUT2D eigenvalue weighted by molar-refractivity contribution is 0.173. The number of fused-ring (bicyclic) bond motifs is 4. The summed E-state index contributed by atoms with van der Waals surface area (Å²) in [5.74, 6) is 2.52. The third-order valence-corrected chi connectivity index (χ3v) is 6.03. The van der Waals surface area contributed by atoms with E-state index in [4.69, 9.17) is 14.5 Å². The minimum atomic E-state index is 0.414. The minimum absolute atomic E-state index is 0.414. The van der Waals surface area contributed by atoms with Gasteiger partial charge >= 0.3 is 0 Å². The Kier molecular flexibility index (Phi) is 3.14. The molecule has 24 heavy (non-hydrogen) atoms. The van der Waals surface area contributed by atoms with Gasteiger partial charge in [-0.1, -0.05) is 17.9 Å². The van der Waals surface area contributed by atoms with Gasteiger partial charge in [-0.3, -0.25) is 4.90 Å². The van der Waals surface area contributed by atoms with E-state index in [1.807, 2.05) is 6.07 Å². The lowest BCUT2D eigenvalue weighted by Gasteiger charge is -2.34. The van der Waals surface area contributed by atoms with E-state index in [2.05, 4.69) is 34.8 Å². The molecule has 3 aliphatic rings. The number of aromatic nitrogens is 1. The van der Waals surface area contributed by atoms with Gasteiger partial charge in [0.15, 0.2) is 16.6 Å².